The van der Waals surface area contributed by atoms with Crippen molar-refractivity contribution < 1.29 is 23.2 Å². The summed E-state index contributed by atoms with van der Waals surface area (Å²) in [6, 6.07) is 7.93. The minimum absolute atomic E-state index is 0.0857. The van der Waals surface area contributed by atoms with Gasteiger partial charge in [0.15, 0.2) is 5.78 Å². The van der Waals surface area contributed by atoms with Crippen molar-refractivity contribution in [3.05, 3.63) is 35.0 Å². The topological polar surface area (TPSA) is 103 Å². The van der Waals surface area contributed by atoms with Gasteiger partial charge in [-0.3, -0.25) is 14.4 Å². The highest BCUT2D eigenvalue weighted by Gasteiger charge is 2.57. The summed E-state index contributed by atoms with van der Waals surface area (Å²) in [5.74, 6) is -6.02. The van der Waals surface area contributed by atoms with Crippen LogP contribution >= 0.6 is 11.6 Å². The van der Waals surface area contributed by atoms with Gasteiger partial charge in [0.25, 0.3) is 5.92 Å². The Hall–Kier alpha value is -2.79. The second-order valence-corrected chi connectivity index (χ2v) is 9.85. The lowest BCUT2D eigenvalue weighted by molar-refractivity contribution is -0.127. The van der Waals surface area contributed by atoms with E-state index in [1.807, 2.05) is 6.07 Å². The van der Waals surface area contributed by atoms with E-state index >= 15 is 0 Å². The molecular weight excluding hydrogens is 464 g/mol. The lowest BCUT2D eigenvalue weighted by Crippen LogP contribution is -2.41. The van der Waals surface area contributed by atoms with Crippen molar-refractivity contribution >= 4 is 40.0 Å². The fourth-order valence-electron chi connectivity index (χ4n) is 4.78. The summed E-state index contributed by atoms with van der Waals surface area (Å²) in [4.78, 5) is 41.1. The molecule has 0 bridgehead atoms. The predicted molar refractivity (Wildman–Crippen MR) is 123 cm³/mol. The quantitative estimate of drug-likeness (QED) is 0.472. The van der Waals surface area contributed by atoms with Crippen molar-refractivity contribution in [3.63, 3.8) is 0 Å². The molecule has 6 nitrogen and oxygen atoms in total. The van der Waals surface area contributed by atoms with Gasteiger partial charge in [0.1, 0.15) is 11.8 Å². The van der Waals surface area contributed by atoms with E-state index in [-0.39, 0.29) is 43.1 Å². The predicted octanol–water partition coefficient (Wildman–Crippen LogP) is 5.21. The van der Waals surface area contributed by atoms with Gasteiger partial charge in [-0.05, 0) is 37.8 Å². The first-order valence-corrected chi connectivity index (χ1v) is 12.0. The molecule has 9 heteroatoms. The molecule has 180 valence electrons. The Morgan fingerprint density at radius 1 is 1.29 bits per heavy atom. The second-order valence-electron chi connectivity index (χ2n) is 9.44. The van der Waals surface area contributed by atoms with Crippen LogP contribution in [-0.4, -0.2) is 34.4 Å². The molecule has 0 radical (unpaired) electrons. The Kier molecular flexibility index (Phi) is 7.04. The van der Waals surface area contributed by atoms with Gasteiger partial charge in [-0.15, -0.1) is 0 Å². The number of H-pyrrole nitrogens is 1. The molecule has 2 aliphatic rings. The van der Waals surface area contributed by atoms with Crippen molar-refractivity contribution in [2.75, 3.05) is 0 Å². The Morgan fingerprint density at radius 3 is 2.71 bits per heavy atom. The summed E-state index contributed by atoms with van der Waals surface area (Å²) in [6.07, 6.45) is 2.33. The van der Waals surface area contributed by atoms with Gasteiger partial charge in [-0.25, -0.2) is 8.78 Å². The van der Waals surface area contributed by atoms with Crippen LogP contribution in [0.1, 0.15) is 61.9 Å². The maximum Gasteiger partial charge on any atom is 0.251 e. The number of nitrogens with one attached hydrogen (secondary N) is 2. The molecule has 1 unspecified atom stereocenters. The minimum Gasteiger partial charge on any atom is -0.351 e. The number of carbonyl (C=O) groups is 3. The SMILES string of the molecule is N#C[C@H](C[C@@H]1CCCCC1=O)NC(=O)[C@@H](CC(=O)c1cc2cccc(Cl)c2[nH]1)CC1CC1(F)F. The van der Waals surface area contributed by atoms with Crippen molar-refractivity contribution in [1.82, 2.24) is 10.3 Å². The summed E-state index contributed by atoms with van der Waals surface area (Å²) < 4.78 is 27.2. The maximum absolute atomic E-state index is 13.6. The van der Waals surface area contributed by atoms with Gasteiger partial charge in [0, 0.05) is 42.4 Å². The van der Waals surface area contributed by atoms with Crippen molar-refractivity contribution in [2.24, 2.45) is 17.8 Å². The molecule has 0 saturated heterocycles. The van der Waals surface area contributed by atoms with Crippen LogP contribution in [0.5, 0.6) is 0 Å². The lowest BCUT2D eigenvalue weighted by Gasteiger charge is -2.24. The van der Waals surface area contributed by atoms with E-state index in [1.54, 1.807) is 24.3 Å². The number of aromatic nitrogens is 1. The molecule has 2 aromatic rings. The zero-order valence-electron chi connectivity index (χ0n) is 18.6. The third kappa shape index (κ3) is 5.47. The van der Waals surface area contributed by atoms with Crippen LogP contribution in [-0.2, 0) is 9.59 Å². The van der Waals surface area contributed by atoms with Gasteiger partial charge in [0.05, 0.1) is 22.3 Å². The molecule has 2 N–H and O–H groups in total. The Balaban J connectivity index is 1.46. The third-order valence-electron chi connectivity index (χ3n) is 6.91. The van der Waals surface area contributed by atoms with Crippen molar-refractivity contribution in [2.45, 2.75) is 63.3 Å². The number of benzene rings is 1. The maximum atomic E-state index is 13.6. The number of halogens is 3. The Morgan fingerprint density at radius 2 is 2.06 bits per heavy atom. The van der Waals surface area contributed by atoms with Crippen molar-refractivity contribution in [1.29, 1.82) is 5.26 Å². The molecule has 2 saturated carbocycles. The smallest absolute Gasteiger partial charge is 0.251 e. The van der Waals surface area contributed by atoms with E-state index in [0.29, 0.717) is 23.4 Å². The Bertz CT molecular complexity index is 1160. The number of para-hydroxylation sites is 1. The molecule has 2 fully saturated rings. The number of nitrogens with zero attached hydrogens (tertiary/aromatic N) is 1. The number of hydrogen-bond acceptors (Lipinski definition) is 4. The van der Waals surface area contributed by atoms with Crippen LogP contribution < -0.4 is 5.32 Å². The van der Waals surface area contributed by atoms with Gasteiger partial charge in [-0.2, -0.15) is 5.26 Å². The fraction of sp³-hybridized carbons (Fsp3) is 0.520. The summed E-state index contributed by atoms with van der Waals surface area (Å²) in [5.41, 5.74) is 0.831. The highest BCUT2D eigenvalue weighted by atomic mass is 35.5. The van der Waals surface area contributed by atoms with Crippen LogP contribution in [0, 0.1) is 29.1 Å². The number of alkyl halides is 2. The zero-order valence-corrected chi connectivity index (χ0v) is 19.3. The number of nitriles is 1. The van der Waals surface area contributed by atoms with Crippen LogP contribution in [0.25, 0.3) is 10.9 Å². The monoisotopic (exact) mass is 489 g/mol. The minimum atomic E-state index is -2.83. The largest absolute Gasteiger partial charge is 0.351 e. The molecule has 0 aliphatic heterocycles. The molecule has 4 rings (SSSR count). The first-order chi connectivity index (χ1) is 16.2. The van der Waals surface area contributed by atoms with E-state index in [4.69, 9.17) is 11.6 Å². The molecular formula is C25H26ClF2N3O3. The first kappa shape index (κ1) is 24.3. The number of aromatic amines is 1. The van der Waals surface area contributed by atoms with Crippen LogP contribution in [0.3, 0.4) is 0 Å². The van der Waals surface area contributed by atoms with Gasteiger partial charge >= 0.3 is 0 Å². The number of fused-ring (bicyclic) bond motifs is 1. The second kappa shape index (κ2) is 9.83. The van der Waals surface area contributed by atoms with E-state index in [9.17, 15) is 28.4 Å². The number of amides is 1. The fourth-order valence-corrected chi connectivity index (χ4v) is 5.01. The number of Topliss-reactive ketones (excluding diaryl/α,β-unsaturated/α-hetero) is 2. The molecule has 4 atom stereocenters. The molecule has 1 heterocycles. The number of ketones is 2. The molecule has 1 aromatic heterocycles. The molecule has 1 amide bonds. The average molecular weight is 490 g/mol. The first-order valence-electron chi connectivity index (χ1n) is 11.6. The van der Waals surface area contributed by atoms with Crippen LogP contribution in [0.4, 0.5) is 8.78 Å². The van der Waals surface area contributed by atoms with E-state index < -0.39 is 35.5 Å². The normalized spacial score (nSPS) is 23.2. The third-order valence-corrected chi connectivity index (χ3v) is 7.22. The van der Waals surface area contributed by atoms with Gasteiger partial charge in [-0.1, -0.05) is 30.2 Å². The summed E-state index contributed by atoms with van der Waals surface area (Å²) in [7, 11) is 0. The van der Waals surface area contributed by atoms with Crippen LogP contribution in [0.2, 0.25) is 5.02 Å². The number of hydrogen-bond donors (Lipinski definition) is 2. The molecule has 1 aromatic carbocycles. The number of carbonyl (C=O) groups excluding carboxylic acids is 3. The van der Waals surface area contributed by atoms with E-state index in [1.165, 1.54) is 0 Å². The van der Waals surface area contributed by atoms with E-state index in [2.05, 4.69) is 10.3 Å². The van der Waals surface area contributed by atoms with Gasteiger partial charge in [0.2, 0.25) is 5.91 Å². The average Bonchev–Trinajstić information content (AvgIpc) is 3.19. The summed E-state index contributed by atoms with van der Waals surface area (Å²) >= 11 is 6.16. The van der Waals surface area contributed by atoms with E-state index in [0.717, 1.165) is 18.2 Å². The Labute approximate surface area is 201 Å². The molecule has 2 aliphatic carbocycles. The van der Waals surface area contributed by atoms with Crippen molar-refractivity contribution in [3.8, 4) is 6.07 Å². The van der Waals surface area contributed by atoms with Gasteiger partial charge < -0.3 is 10.3 Å². The highest BCUT2D eigenvalue weighted by molar-refractivity contribution is 6.35. The number of rotatable bonds is 9. The molecule has 34 heavy (non-hydrogen) atoms. The lowest BCUT2D eigenvalue weighted by atomic mass is 9.83. The summed E-state index contributed by atoms with van der Waals surface area (Å²) in [6.45, 7) is 0. The standard InChI is InChI=1S/C25H26ClF2N3O3/c26-19-6-3-5-15-10-20(31-23(15)19)22(33)11-16(8-17-12-25(17,27)28)24(34)30-18(13-29)9-14-4-1-2-7-21(14)32/h3,5-6,10,14,16-18,31H,1-2,4,7-9,11-12H2,(H,30,34)/t14-,16+,17?,18-/m0/s1. The highest BCUT2D eigenvalue weighted by Crippen LogP contribution is 2.52. The summed E-state index contributed by atoms with van der Waals surface area (Å²) in [5, 5.41) is 13.3. The zero-order chi connectivity index (χ0) is 24.5. The van der Waals surface area contributed by atoms with Crippen LogP contribution in [0.15, 0.2) is 24.3 Å². The molecule has 0 spiro atoms.